The lowest BCUT2D eigenvalue weighted by Gasteiger charge is -2.05. The molecule has 0 N–H and O–H groups in total. The minimum absolute atomic E-state index is 0.0496. The number of ether oxygens (including phenoxy) is 3. The van der Waals surface area contributed by atoms with Crippen LogP contribution in [0.5, 0.6) is 11.5 Å². The third-order valence-electron chi connectivity index (χ3n) is 3.76. The Kier molecular flexibility index (Phi) is 5.28. The Balaban J connectivity index is 1.42. The molecule has 1 heterocycles. The second-order valence-corrected chi connectivity index (χ2v) is 5.69. The predicted molar refractivity (Wildman–Crippen MR) is 86.7 cm³/mol. The average molecular weight is 344 g/mol. The van der Waals surface area contributed by atoms with Gasteiger partial charge in [0, 0.05) is 6.42 Å². The molecule has 0 bridgehead atoms. The number of hydrogen-bond acceptors (Lipinski definition) is 5. The maximum atomic E-state index is 13.0. The number of rotatable bonds is 7. The van der Waals surface area contributed by atoms with Gasteiger partial charge in [-0.3, -0.25) is 9.59 Å². The van der Waals surface area contributed by atoms with Gasteiger partial charge in [-0.25, -0.2) is 4.39 Å². The molecule has 0 spiro atoms. The molecule has 2 aromatic carbocycles. The Morgan fingerprint density at radius 1 is 1.04 bits per heavy atom. The summed E-state index contributed by atoms with van der Waals surface area (Å²) in [6.07, 6.45) is 0.446. The number of aryl methyl sites for hydroxylation is 1. The second kappa shape index (κ2) is 7.79. The minimum Gasteiger partial charge on any atom is -0.460 e. The maximum Gasteiger partial charge on any atom is 0.313 e. The lowest BCUT2D eigenvalue weighted by atomic mass is 10.1. The summed E-state index contributed by atoms with van der Waals surface area (Å²) in [5, 5.41) is 0. The molecule has 0 unspecified atom stereocenters. The summed E-state index contributed by atoms with van der Waals surface area (Å²) in [6, 6.07) is 11.3. The molecule has 1 aliphatic heterocycles. The number of halogens is 1. The van der Waals surface area contributed by atoms with E-state index in [0.29, 0.717) is 23.5 Å². The van der Waals surface area contributed by atoms with E-state index in [1.165, 1.54) is 18.2 Å². The van der Waals surface area contributed by atoms with Gasteiger partial charge in [-0.05, 0) is 41.8 Å². The van der Waals surface area contributed by atoms with Crippen molar-refractivity contribution < 1.29 is 28.2 Å². The molecule has 0 aliphatic carbocycles. The normalized spacial score (nSPS) is 12.0. The fourth-order valence-electron chi connectivity index (χ4n) is 2.47. The van der Waals surface area contributed by atoms with Crippen molar-refractivity contribution >= 4 is 11.8 Å². The third-order valence-corrected chi connectivity index (χ3v) is 3.76. The van der Waals surface area contributed by atoms with Crippen molar-refractivity contribution in [3.63, 3.8) is 0 Å². The number of hydrogen-bond donors (Lipinski definition) is 0. The van der Waals surface area contributed by atoms with Gasteiger partial charge in [-0.2, -0.15) is 0 Å². The number of esters is 1. The molecule has 1 aliphatic rings. The van der Waals surface area contributed by atoms with Crippen molar-refractivity contribution in [3.8, 4) is 11.5 Å². The van der Waals surface area contributed by atoms with Crippen LogP contribution in [0, 0.1) is 5.82 Å². The quantitative estimate of drug-likeness (QED) is 0.570. The van der Waals surface area contributed by atoms with E-state index in [1.807, 2.05) is 12.1 Å². The molecular weight excluding hydrogens is 327 g/mol. The second-order valence-electron chi connectivity index (χ2n) is 5.69. The lowest BCUT2D eigenvalue weighted by Crippen LogP contribution is -2.12. The number of ketones is 1. The Morgan fingerprint density at radius 2 is 1.88 bits per heavy atom. The highest BCUT2D eigenvalue weighted by molar-refractivity contribution is 5.95. The van der Waals surface area contributed by atoms with Gasteiger partial charge in [0.2, 0.25) is 6.79 Å². The van der Waals surface area contributed by atoms with E-state index in [2.05, 4.69) is 0 Å². The highest BCUT2D eigenvalue weighted by Gasteiger charge is 2.15. The van der Waals surface area contributed by atoms with Gasteiger partial charge < -0.3 is 14.2 Å². The molecule has 5 nitrogen and oxygen atoms in total. The van der Waals surface area contributed by atoms with Crippen molar-refractivity contribution in [2.45, 2.75) is 25.9 Å². The van der Waals surface area contributed by atoms with Gasteiger partial charge >= 0.3 is 5.97 Å². The molecule has 25 heavy (non-hydrogen) atoms. The van der Waals surface area contributed by atoms with Crippen LogP contribution in [0.3, 0.4) is 0 Å². The van der Waals surface area contributed by atoms with Gasteiger partial charge in [-0.15, -0.1) is 0 Å². The zero-order valence-electron chi connectivity index (χ0n) is 13.5. The van der Waals surface area contributed by atoms with E-state index in [1.54, 1.807) is 12.1 Å². The minimum atomic E-state index is -0.611. The van der Waals surface area contributed by atoms with Crippen LogP contribution in [0.4, 0.5) is 4.39 Å². The summed E-state index contributed by atoms with van der Waals surface area (Å²) in [5.41, 5.74) is 1.48. The molecular formula is C19H17FO5. The maximum absolute atomic E-state index is 13.0. The van der Waals surface area contributed by atoms with Crippen LogP contribution in [-0.2, 0) is 27.4 Å². The van der Waals surface area contributed by atoms with Crippen molar-refractivity contribution in [2.24, 2.45) is 0 Å². The summed E-state index contributed by atoms with van der Waals surface area (Å²) in [4.78, 5) is 23.6. The van der Waals surface area contributed by atoms with Crippen LogP contribution >= 0.6 is 0 Å². The van der Waals surface area contributed by atoms with Crippen LogP contribution < -0.4 is 9.47 Å². The third kappa shape index (κ3) is 4.79. The van der Waals surface area contributed by atoms with Crippen LogP contribution in [-0.4, -0.2) is 18.5 Å². The summed E-state index contributed by atoms with van der Waals surface area (Å²) in [6.45, 7) is 0.154. The summed E-state index contributed by atoms with van der Waals surface area (Å²) < 4.78 is 28.6. The topological polar surface area (TPSA) is 61.8 Å². The Morgan fingerprint density at radius 3 is 2.72 bits per heavy atom. The monoisotopic (exact) mass is 344 g/mol. The Hall–Kier alpha value is -2.89. The van der Waals surface area contributed by atoms with Gasteiger partial charge in [0.15, 0.2) is 11.5 Å². The standard InChI is InChI=1S/C19H17FO5/c20-15-3-1-2-14(8-15)11-23-19(22)10-16(21)6-4-13-5-7-17-18(9-13)25-12-24-17/h1-3,5,7-9H,4,6,10-12H2. The van der Waals surface area contributed by atoms with E-state index in [4.69, 9.17) is 14.2 Å². The SMILES string of the molecule is O=C(CCc1ccc2c(c1)OCO2)CC(=O)OCc1cccc(F)c1. The largest absolute Gasteiger partial charge is 0.460 e. The summed E-state index contributed by atoms with van der Waals surface area (Å²) in [5.74, 6) is 0.144. The van der Waals surface area contributed by atoms with Crippen LogP contribution in [0.2, 0.25) is 0 Å². The van der Waals surface area contributed by atoms with E-state index in [-0.39, 0.29) is 32.0 Å². The zero-order valence-corrected chi connectivity index (χ0v) is 13.5. The molecule has 0 atom stereocenters. The fraction of sp³-hybridized carbons (Fsp3) is 0.263. The van der Waals surface area contributed by atoms with Gasteiger partial charge in [-0.1, -0.05) is 18.2 Å². The number of fused-ring (bicyclic) bond motifs is 1. The number of benzene rings is 2. The van der Waals surface area contributed by atoms with Crippen molar-refractivity contribution in [3.05, 3.63) is 59.4 Å². The van der Waals surface area contributed by atoms with E-state index < -0.39 is 11.8 Å². The molecule has 0 aromatic heterocycles. The number of Topliss-reactive ketones (excluding diaryl/α,β-unsaturated/α-hetero) is 1. The number of carbonyl (C=O) groups is 2. The Bertz CT molecular complexity index is 787. The van der Waals surface area contributed by atoms with E-state index >= 15 is 0 Å². The van der Waals surface area contributed by atoms with Gasteiger partial charge in [0.25, 0.3) is 0 Å². The van der Waals surface area contributed by atoms with E-state index in [9.17, 15) is 14.0 Å². The molecule has 3 rings (SSSR count). The first-order valence-electron chi connectivity index (χ1n) is 7.90. The molecule has 6 heteroatoms. The molecule has 130 valence electrons. The molecule has 0 saturated carbocycles. The zero-order chi connectivity index (χ0) is 17.6. The predicted octanol–water partition coefficient (Wildman–Crippen LogP) is 3.19. The van der Waals surface area contributed by atoms with Crippen molar-refractivity contribution in [2.75, 3.05) is 6.79 Å². The Labute approximate surface area is 144 Å². The number of carbonyl (C=O) groups excluding carboxylic acids is 2. The highest BCUT2D eigenvalue weighted by atomic mass is 19.1. The smallest absolute Gasteiger partial charge is 0.313 e. The first-order valence-corrected chi connectivity index (χ1v) is 7.90. The van der Waals surface area contributed by atoms with Crippen molar-refractivity contribution in [1.82, 2.24) is 0 Å². The van der Waals surface area contributed by atoms with Gasteiger partial charge in [0.1, 0.15) is 24.6 Å². The van der Waals surface area contributed by atoms with Crippen LogP contribution in [0.25, 0.3) is 0 Å². The van der Waals surface area contributed by atoms with Crippen molar-refractivity contribution in [1.29, 1.82) is 0 Å². The summed E-state index contributed by atoms with van der Waals surface area (Å²) in [7, 11) is 0. The first-order chi connectivity index (χ1) is 12.1. The molecule has 2 aromatic rings. The highest BCUT2D eigenvalue weighted by Crippen LogP contribution is 2.32. The average Bonchev–Trinajstić information content (AvgIpc) is 3.06. The first kappa shape index (κ1) is 17.0. The lowest BCUT2D eigenvalue weighted by molar-refractivity contribution is -0.147. The molecule has 0 amide bonds. The van der Waals surface area contributed by atoms with E-state index in [0.717, 1.165) is 5.56 Å². The summed E-state index contributed by atoms with van der Waals surface area (Å²) >= 11 is 0. The van der Waals surface area contributed by atoms with Crippen LogP contribution in [0.1, 0.15) is 24.0 Å². The fourth-order valence-corrected chi connectivity index (χ4v) is 2.47. The van der Waals surface area contributed by atoms with Crippen LogP contribution in [0.15, 0.2) is 42.5 Å². The molecule has 0 radical (unpaired) electrons. The van der Waals surface area contributed by atoms with Gasteiger partial charge in [0.05, 0.1) is 0 Å². The molecule has 0 saturated heterocycles. The molecule has 0 fully saturated rings.